The molecule has 0 N–H and O–H groups in total. The molecule has 1 atom stereocenters. The van der Waals surface area contributed by atoms with Gasteiger partial charge in [0.05, 0.1) is 10.5 Å². The van der Waals surface area contributed by atoms with E-state index in [4.69, 9.17) is 11.6 Å². The second-order valence-electron chi connectivity index (χ2n) is 4.28. The zero-order valence-corrected chi connectivity index (χ0v) is 12.2. The summed E-state index contributed by atoms with van der Waals surface area (Å²) in [5, 5.41) is -0.408. The van der Waals surface area contributed by atoms with Crippen LogP contribution >= 0.6 is 23.4 Å². The largest absolute Gasteiger partial charge is 0.280 e. The minimum atomic E-state index is -0.304. The Morgan fingerprint density at radius 1 is 0.947 bits per heavy atom. The van der Waals surface area contributed by atoms with Crippen LogP contribution in [-0.2, 0) is 4.79 Å². The predicted molar refractivity (Wildman–Crippen MR) is 82.6 cm³/mol. The van der Waals surface area contributed by atoms with Crippen LogP contribution in [0.15, 0.2) is 60.7 Å². The number of carbonyl (C=O) groups is 1. The van der Waals surface area contributed by atoms with Crippen molar-refractivity contribution in [1.29, 1.82) is 0 Å². The first kappa shape index (κ1) is 14.2. The molecule has 0 aliphatic carbocycles. The van der Waals surface area contributed by atoms with E-state index >= 15 is 0 Å². The molecular formula is C16H15ClOS. The van der Waals surface area contributed by atoms with Crippen molar-refractivity contribution in [2.24, 2.45) is 0 Å². The van der Waals surface area contributed by atoms with Gasteiger partial charge >= 0.3 is 0 Å². The molecule has 0 heterocycles. The minimum absolute atomic E-state index is 0.125. The van der Waals surface area contributed by atoms with Gasteiger partial charge in [-0.1, -0.05) is 60.7 Å². The number of carbonyl (C=O) groups excluding carboxylic acids is 1. The van der Waals surface area contributed by atoms with E-state index in [0.717, 1.165) is 0 Å². The maximum Gasteiger partial charge on any atom is 0.234 e. The number of hydrogen-bond acceptors (Lipinski definition) is 2. The Kier molecular flexibility index (Phi) is 5.06. The lowest BCUT2D eigenvalue weighted by Crippen LogP contribution is -2.10. The Bertz CT molecular complexity index is 487. The van der Waals surface area contributed by atoms with E-state index in [2.05, 4.69) is 24.3 Å². The molecule has 1 nitrogen and oxygen atoms in total. The molecule has 19 heavy (non-hydrogen) atoms. The van der Waals surface area contributed by atoms with Crippen LogP contribution in [0.1, 0.15) is 23.3 Å². The molecule has 0 spiro atoms. The zero-order valence-electron chi connectivity index (χ0n) is 10.6. The van der Waals surface area contributed by atoms with Crippen LogP contribution in [0.25, 0.3) is 0 Å². The van der Waals surface area contributed by atoms with E-state index in [9.17, 15) is 4.79 Å². The molecule has 0 saturated carbocycles. The number of halogens is 1. The van der Waals surface area contributed by atoms with Gasteiger partial charge in [0.25, 0.3) is 0 Å². The summed E-state index contributed by atoms with van der Waals surface area (Å²) >= 11 is 7.17. The second-order valence-corrected chi connectivity index (χ2v) is 6.11. The average molecular weight is 291 g/mol. The smallest absolute Gasteiger partial charge is 0.234 e. The first-order valence-corrected chi connectivity index (χ1v) is 7.45. The van der Waals surface area contributed by atoms with Crippen LogP contribution in [0.4, 0.5) is 0 Å². The van der Waals surface area contributed by atoms with Crippen molar-refractivity contribution in [2.45, 2.75) is 17.4 Å². The fourth-order valence-electron chi connectivity index (χ4n) is 1.86. The van der Waals surface area contributed by atoms with Crippen molar-refractivity contribution in [1.82, 2.24) is 0 Å². The Balaban J connectivity index is 2.32. The highest BCUT2D eigenvalue weighted by molar-refractivity contribution is 8.01. The maximum atomic E-state index is 11.3. The lowest BCUT2D eigenvalue weighted by molar-refractivity contribution is -0.111. The molecule has 0 aliphatic heterocycles. The van der Waals surface area contributed by atoms with Gasteiger partial charge in [-0.05, 0) is 29.7 Å². The normalized spacial score (nSPS) is 12.4. The highest BCUT2D eigenvalue weighted by Gasteiger charge is 2.20. The van der Waals surface area contributed by atoms with E-state index in [1.807, 2.05) is 43.3 Å². The topological polar surface area (TPSA) is 17.1 Å². The zero-order chi connectivity index (χ0) is 13.7. The molecule has 2 rings (SSSR count). The highest BCUT2D eigenvalue weighted by atomic mass is 35.5. The van der Waals surface area contributed by atoms with Crippen LogP contribution < -0.4 is 0 Å². The second kappa shape index (κ2) is 6.78. The third-order valence-electron chi connectivity index (χ3n) is 2.86. The number of rotatable bonds is 5. The molecule has 2 aromatic rings. The summed E-state index contributed by atoms with van der Waals surface area (Å²) in [4.78, 5) is 11.3. The Morgan fingerprint density at radius 3 is 1.74 bits per heavy atom. The summed E-state index contributed by atoms with van der Waals surface area (Å²) in [6.07, 6.45) is 0. The molecule has 3 heteroatoms. The van der Waals surface area contributed by atoms with Crippen molar-refractivity contribution in [2.75, 3.05) is 0 Å². The monoisotopic (exact) mass is 290 g/mol. The van der Waals surface area contributed by atoms with Gasteiger partial charge in [0.15, 0.2) is 0 Å². The van der Waals surface area contributed by atoms with E-state index in [1.54, 1.807) is 11.8 Å². The molecule has 0 saturated heterocycles. The lowest BCUT2D eigenvalue weighted by Gasteiger charge is -2.20. The predicted octanol–water partition coefficient (Wildman–Crippen LogP) is 4.66. The van der Waals surface area contributed by atoms with Gasteiger partial charge in [-0.3, -0.25) is 4.79 Å². The third-order valence-corrected chi connectivity index (χ3v) is 4.76. The average Bonchev–Trinajstić information content (AvgIpc) is 2.46. The number of thioether (sulfide) groups is 1. The van der Waals surface area contributed by atoms with Crippen LogP contribution in [0.3, 0.4) is 0 Å². The first-order chi connectivity index (χ1) is 9.18. The van der Waals surface area contributed by atoms with Crippen molar-refractivity contribution in [3.63, 3.8) is 0 Å². The molecular weight excluding hydrogens is 276 g/mol. The van der Waals surface area contributed by atoms with Gasteiger partial charge in [-0.15, -0.1) is 11.8 Å². The number of benzene rings is 2. The van der Waals surface area contributed by atoms with Crippen LogP contribution in [-0.4, -0.2) is 10.5 Å². The molecule has 1 unspecified atom stereocenters. The fourth-order valence-corrected chi connectivity index (χ4v) is 3.16. The van der Waals surface area contributed by atoms with Gasteiger partial charge in [0.2, 0.25) is 5.24 Å². The summed E-state index contributed by atoms with van der Waals surface area (Å²) in [5.74, 6) is 0. The standard InChI is InChI=1S/C16H15ClOS/c1-12(16(17)18)19-15(13-8-4-2-5-9-13)14-10-6-3-7-11-14/h2-12,15H,1H3. The minimum Gasteiger partial charge on any atom is -0.280 e. The first-order valence-electron chi connectivity index (χ1n) is 6.13. The van der Waals surface area contributed by atoms with Crippen molar-refractivity contribution < 1.29 is 4.79 Å². The van der Waals surface area contributed by atoms with Gasteiger partial charge < -0.3 is 0 Å². The van der Waals surface area contributed by atoms with Crippen LogP contribution in [0.5, 0.6) is 0 Å². The molecule has 0 aliphatic rings. The Labute approximate surface area is 123 Å². The quantitative estimate of drug-likeness (QED) is 0.745. The van der Waals surface area contributed by atoms with Crippen molar-refractivity contribution >= 4 is 28.6 Å². The third kappa shape index (κ3) is 3.85. The molecule has 0 fully saturated rings. The summed E-state index contributed by atoms with van der Waals surface area (Å²) in [6.45, 7) is 1.85. The summed E-state index contributed by atoms with van der Waals surface area (Å²) in [5.41, 5.74) is 2.37. The Morgan fingerprint density at radius 2 is 1.37 bits per heavy atom. The molecule has 0 aromatic heterocycles. The molecule has 98 valence electrons. The van der Waals surface area contributed by atoms with Gasteiger partial charge in [0.1, 0.15) is 0 Å². The van der Waals surface area contributed by atoms with E-state index < -0.39 is 0 Å². The fraction of sp³-hybridized carbons (Fsp3) is 0.188. The summed E-state index contributed by atoms with van der Waals surface area (Å²) in [7, 11) is 0. The van der Waals surface area contributed by atoms with Crippen LogP contribution in [0, 0.1) is 0 Å². The Hall–Kier alpha value is -1.25. The van der Waals surface area contributed by atoms with E-state index in [-0.39, 0.29) is 15.7 Å². The van der Waals surface area contributed by atoms with Gasteiger partial charge in [0, 0.05) is 0 Å². The molecule has 0 radical (unpaired) electrons. The highest BCUT2D eigenvalue weighted by Crippen LogP contribution is 2.38. The number of hydrogen-bond donors (Lipinski definition) is 0. The van der Waals surface area contributed by atoms with Crippen molar-refractivity contribution in [3.8, 4) is 0 Å². The van der Waals surface area contributed by atoms with Crippen LogP contribution in [0.2, 0.25) is 0 Å². The SMILES string of the molecule is CC(SC(c1ccccc1)c1ccccc1)C(=O)Cl. The molecule has 0 bridgehead atoms. The van der Waals surface area contributed by atoms with E-state index in [0.29, 0.717) is 0 Å². The van der Waals surface area contributed by atoms with Gasteiger partial charge in [-0.25, -0.2) is 0 Å². The van der Waals surface area contributed by atoms with Crippen molar-refractivity contribution in [3.05, 3.63) is 71.8 Å². The molecule has 2 aromatic carbocycles. The summed E-state index contributed by atoms with van der Waals surface area (Å²) in [6, 6.07) is 20.4. The van der Waals surface area contributed by atoms with E-state index in [1.165, 1.54) is 11.1 Å². The summed E-state index contributed by atoms with van der Waals surface area (Å²) < 4.78 is 0. The lowest BCUT2D eigenvalue weighted by atomic mass is 10.0. The maximum absolute atomic E-state index is 11.3. The van der Waals surface area contributed by atoms with Gasteiger partial charge in [-0.2, -0.15) is 0 Å². The molecule has 0 amide bonds.